The Morgan fingerprint density at radius 1 is 1.00 bits per heavy atom. The molecule has 1 N–H and O–H groups in total. The Morgan fingerprint density at radius 2 is 1.60 bits per heavy atom. The summed E-state index contributed by atoms with van der Waals surface area (Å²) in [5.41, 5.74) is 0.435. The number of ether oxygens (including phenoxy) is 3. The first-order valence-electron chi connectivity index (χ1n) is 12.0. The molecule has 0 unspecified atom stereocenters. The van der Waals surface area contributed by atoms with Crippen molar-refractivity contribution >= 4 is 26.0 Å². The maximum Gasteiger partial charge on any atom is 0.303 e. The van der Waals surface area contributed by atoms with Crippen molar-refractivity contribution in [2.24, 2.45) is 0 Å². The Kier molecular flexibility index (Phi) is 9.59. The van der Waals surface area contributed by atoms with Crippen LogP contribution in [0.5, 0.6) is 0 Å². The molecule has 0 spiro atoms. The number of benzene rings is 2. The molecule has 1 heterocycles. The van der Waals surface area contributed by atoms with Crippen molar-refractivity contribution in [3.63, 3.8) is 0 Å². The van der Waals surface area contributed by atoms with Crippen LogP contribution in [-0.2, 0) is 30.0 Å². The smallest absolute Gasteiger partial charge is 0.303 e. The predicted octanol–water partition coefficient (Wildman–Crippen LogP) is 5.40. The van der Waals surface area contributed by atoms with E-state index < -0.39 is 44.1 Å². The molecule has 2 aromatic rings. The first-order valence-corrected chi connectivity index (χ1v) is 15.8. The van der Waals surface area contributed by atoms with Gasteiger partial charge in [0.15, 0.2) is 14.4 Å². The van der Waals surface area contributed by atoms with Gasteiger partial charge < -0.3 is 23.7 Å². The van der Waals surface area contributed by atoms with E-state index in [9.17, 15) is 9.90 Å². The topological polar surface area (TPSA) is 74.2 Å². The van der Waals surface area contributed by atoms with Crippen LogP contribution in [0.3, 0.4) is 0 Å². The molecule has 0 aromatic heterocycles. The van der Waals surface area contributed by atoms with Crippen LogP contribution in [0.1, 0.15) is 33.3 Å². The van der Waals surface area contributed by atoms with E-state index in [-0.39, 0.29) is 11.6 Å². The molecule has 6 nitrogen and oxygen atoms in total. The molecule has 35 heavy (non-hydrogen) atoms. The molecule has 8 heteroatoms. The first-order chi connectivity index (χ1) is 16.5. The molecule has 3 rings (SSSR count). The zero-order valence-corrected chi connectivity index (χ0v) is 23.3. The molecule has 1 fully saturated rings. The number of rotatable bonds is 9. The van der Waals surface area contributed by atoms with Crippen molar-refractivity contribution in [2.75, 3.05) is 6.61 Å². The third kappa shape index (κ3) is 7.41. The molecule has 1 aliphatic heterocycles. The summed E-state index contributed by atoms with van der Waals surface area (Å²) in [7, 11) is -2.32. The molecule has 1 saturated heterocycles. The summed E-state index contributed by atoms with van der Waals surface area (Å²) >= 11 is 1.46. The van der Waals surface area contributed by atoms with Crippen LogP contribution < -0.4 is 0 Å². The summed E-state index contributed by atoms with van der Waals surface area (Å²) in [6, 6.07) is 19.6. The Hall–Kier alpha value is -1.68. The quantitative estimate of drug-likeness (QED) is 0.352. The molecule has 5 atom stereocenters. The number of aliphatic hydroxyl groups is 1. The van der Waals surface area contributed by atoms with Crippen LogP contribution >= 0.6 is 11.8 Å². The van der Waals surface area contributed by atoms with Gasteiger partial charge in [-0.05, 0) is 35.8 Å². The molecule has 1 aliphatic rings. The molecule has 0 aliphatic carbocycles. The van der Waals surface area contributed by atoms with E-state index in [1.54, 1.807) is 0 Å². The van der Waals surface area contributed by atoms with Crippen molar-refractivity contribution < 1.29 is 28.5 Å². The van der Waals surface area contributed by atoms with E-state index in [2.05, 4.69) is 33.9 Å². The van der Waals surface area contributed by atoms with E-state index >= 15 is 0 Å². The van der Waals surface area contributed by atoms with Crippen molar-refractivity contribution in [3.8, 4) is 0 Å². The molecular formula is C27H38O6SSi. The third-order valence-electron chi connectivity index (χ3n) is 6.59. The Morgan fingerprint density at radius 3 is 2.14 bits per heavy atom. The standard InChI is InChI=1S/C27H38O6SSi/c1-19(29)31-25-24(33-35(5,6)27(2,3)4)23(30-18-20-13-9-7-10-14-20)22(17-28)32-26(25)34-21-15-11-8-12-16-21/h7-16,22-26,28H,17-18H2,1-6H3/t22-,23-,24+,25-,26+/m1/s1. The van der Waals surface area contributed by atoms with Gasteiger partial charge in [0.05, 0.1) is 13.2 Å². The van der Waals surface area contributed by atoms with Crippen LogP contribution in [0.25, 0.3) is 0 Å². The first kappa shape index (κ1) is 27.9. The third-order valence-corrected chi connectivity index (χ3v) is 12.2. The molecule has 0 bridgehead atoms. The number of hydrogen-bond donors (Lipinski definition) is 1. The van der Waals surface area contributed by atoms with E-state index in [0.29, 0.717) is 6.61 Å². The van der Waals surface area contributed by atoms with Crippen LogP contribution in [0.4, 0.5) is 0 Å². The molecule has 0 saturated carbocycles. The number of hydrogen-bond acceptors (Lipinski definition) is 7. The minimum Gasteiger partial charge on any atom is -0.456 e. The van der Waals surface area contributed by atoms with Crippen molar-refractivity contribution in [3.05, 3.63) is 66.2 Å². The molecular weight excluding hydrogens is 480 g/mol. The summed E-state index contributed by atoms with van der Waals surface area (Å²) in [5.74, 6) is -0.412. The SMILES string of the molecule is CC(=O)O[C@@H]1[C@@H](O[Si](C)(C)C(C)(C)C)[C@H](OCc2ccccc2)[C@@H](CO)O[C@H]1Sc1ccccc1. The van der Waals surface area contributed by atoms with E-state index in [0.717, 1.165) is 10.5 Å². The van der Waals surface area contributed by atoms with Gasteiger partial charge in [0.1, 0.15) is 23.7 Å². The van der Waals surface area contributed by atoms with Gasteiger partial charge in [-0.25, -0.2) is 0 Å². The predicted molar refractivity (Wildman–Crippen MR) is 141 cm³/mol. The van der Waals surface area contributed by atoms with Crippen molar-refractivity contribution in [1.29, 1.82) is 0 Å². The van der Waals surface area contributed by atoms with Gasteiger partial charge in [-0.3, -0.25) is 4.79 Å². The molecule has 192 valence electrons. The Bertz CT molecular complexity index is 934. The highest BCUT2D eigenvalue weighted by Crippen LogP contribution is 2.43. The maximum absolute atomic E-state index is 12.2. The highest BCUT2D eigenvalue weighted by Gasteiger charge is 2.53. The normalized spacial score (nSPS) is 25.3. The van der Waals surface area contributed by atoms with E-state index in [1.165, 1.54) is 18.7 Å². The summed E-state index contributed by atoms with van der Waals surface area (Å²) < 4.78 is 25.5. The van der Waals surface area contributed by atoms with Gasteiger partial charge in [0, 0.05) is 11.8 Å². The fourth-order valence-electron chi connectivity index (χ4n) is 3.69. The monoisotopic (exact) mass is 518 g/mol. The van der Waals surface area contributed by atoms with Gasteiger partial charge in [-0.15, -0.1) is 0 Å². The van der Waals surface area contributed by atoms with E-state index in [1.807, 2.05) is 60.7 Å². The number of thioether (sulfide) groups is 1. The van der Waals surface area contributed by atoms with E-state index in [4.69, 9.17) is 18.6 Å². The van der Waals surface area contributed by atoms with Gasteiger partial charge in [0.2, 0.25) is 0 Å². The second-order valence-electron chi connectivity index (χ2n) is 10.3. The lowest BCUT2D eigenvalue weighted by Gasteiger charge is -2.49. The summed E-state index contributed by atoms with van der Waals surface area (Å²) in [5, 5.41) is 10.2. The largest absolute Gasteiger partial charge is 0.456 e. The zero-order chi connectivity index (χ0) is 25.6. The fraction of sp³-hybridized carbons (Fsp3) is 0.519. The van der Waals surface area contributed by atoms with Crippen molar-refractivity contribution in [1.82, 2.24) is 0 Å². The maximum atomic E-state index is 12.2. The summed E-state index contributed by atoms with van der Waals surface area (Å²) in [6.07, 6.45) is -2.57. The minimum atomic E-state index is -2.32. The van der Waals surface area contributed by atoms with Gasteiger partial charge in [-0.2, -0.15) is 0 Å². The molecule has 0 radical (unpaired) electrons. The Balaban J connectivity index is 1.98. The second kappa shape index (κ2) is 12.0. The lowest BCUT2D eigenvalue weighted by molar-refractivity contribution is -0.229. The lowest BCUT2D eigenvalue weighted by Crippen LogP contribution is -2.63. The highest BCUT2D eigenvalue weighted by molar-refractivity contribution is 7.99. The van der Waals surface area contributed by atoms with Crippen LogP contribution in [0.2, 0.25) is 18.1 Å². The van der Waals surface area contributed by atoms with Gasteiger partial charge >= 0.3 is 5.97 Å². The summed E-state index contributed by atoms with van der Waals surface area (Å²) in [4.78, 5) is 13.2. The average molecular weight is 519 g/mol. The van der Waals surface area contributed by atoms with Gasteiger partial charge in [0.25, 0.3) is 0 Å². The zero-order valence-electron chi connectivity index (χ0n) is 21.5. The number of aliphatic hydroxyl groups excluding tert-OH is 1. The second-order valence-corrected chi connectivity index (χ2v) is 16.3. The fourth-order valence-corrected chi connectivity index (χ4v) is 6.12. The van der Waals surface area contributed by atoms with Crippen LogP contribution in [0.15, 0.2) is 65.6 Å². The van der Waals surface area contributed by atoms with Crippen LogP contribution in [0, 0.1) is 0 Å². The number of esters is 1. The molecule has 0 amide bonds. The molecule has 2 aromatic carbocycles. The number of carbonyl (C=O) groups excluding carboxylic acids is 1. The Labute approximate surface area is 214 Å². The average Bonchev–Trinajstić information content (AvgIpc) is 2.80. The van der Waals surface area contributed by atoms with Crippen molar-refractivity contribution in [2.45, 2.75) is 87.2 Å². The minimum absolute atomic E-state index is 0.0765. The van der Waals surface area contributed by atoms with Gasteiger partial charge in [-0.1, -0.05) is 81.1 Å². The number of carbonyl (C=O) groups is 1. The van der Waals surface area contributed by atoms with Crippen LogP contribution in [-0.4, -0.2) is 55.9 Å². The lowest BCUT2D eigenvalue weighted by atomic mass is 9.99. The summed E-state index contributed by atoms with van der Waals surface area (Å²) in [6.45, 7) is 12.3. The highest BCUT2D eigenvalue weighted by atomic mass is 32.2.